The van der Waals surface area contributed by atoms with Gasteiger partial charge in [-0.05, 0) is 42.8 Å². The fourth-order valence-electron chi connectivity index (χ4n) is 2.87. The Kier molecular flexibility index (Phi) is 5.41. The number of fused-ring (bicyclic) bond motifs is 1. The molecule has 3 aromatic rings. The van der Waals surface area contributed by atoms with Crippen LogP contribution < -0.4 is 10.8 Å². The Labute approximate surface area is 156 Å². The average molecular weight is 364 g/mol. The van der Waals surface area contributed by atoms with E-state index in [9.17, 15) is 4.79 Å². The summed E-state index contributed by atoms with van der Waals surface area (Å²) in [4.78, 5) is 22.1. The number of aliphatic hydroxyl groups excluding tert-OH is 1. The molecule has 0 bridgehead atoms. The van der Waals surface area contributed by atoms with Gasteiger partial charge in [0.25, 0.3) is 5.91 Å². The second kappa shape index (κ2) is 7.91. The zero-order chi connectivity index (χ0) is 19.4. The van der Waals surface area contributed by atoms with Gasteiger partial charge in [0.15, 0.2) is 0 Å². The standard InChI is InChI=1S/C20H20N4O3/c1-4-14-7-8-16(13(2)12-14)22-19-17(20(26)23-27-11-10-25)15-6-5-9-21-18(15)24(19)3/h1,5-9,12,22,25H,10-11H2,2-3H3,(H,23,26). The number of aromatic nitrogens is 2. The van der Waals surface area contributed by atoms with Crippen LogP contribution in [0.15, 0.2) is 36.5 Å². The molecule has 0 unspecified atom stereocenters. The lowest BCUT2D eigenvalue weighted by Gasteiger charge is -2.13. The van der Waals surface area contributed by atoms with Crippen LogP contribution in [0, 0.1) is 19.3 Å². The number of rotatable bonds is 6. The van der Waals surface area contributed by atoms with Crippen LogP contribution in [0.1, 0.15) is 21.5 Å². The highest BCUT2D eigenvalue weighted by molar-refractivity contribution is 6.11. The van der Waals surface area contributed by atoms with E-state index in [1.165, 1.54) is 0 Å². The molecule has 0 saturated carbocycles. The first-order valence-corrected chi connectivity index (χ1v) is 8.37. The average Bonchev–Trinajstić information content (AvgIpc) is 2.95. The summed E-state index contributed by atoms with van der Waals surface area (Å²) >= 11 is 0. The molecule has 1 amide bonds. The van der Waals surface area contributed by atoms with Crippen molar-refractivity contribution in [3.8, 4) is 12.3 Å². The normalized spacial score (nSPS) is 10.6. The van der Waals surface area contributed by atoms with Gasteiger partial charge in [-0.1, -0.05) is 5.92 Å². The van der Waals surface area contributed by atoms with Crippen LogP contribution in [-0.2, 0) is 11.9 Å². The summed E-state index contributed by atoms with van der Waals surface area (Å²) in [5, 5.41) is 12.8. The van der Waals surface area contributed by atoms with Crippen molar-refractivity contribution in [2.45, 2.75) is 6.92 Å². The minimum Gasteiger partial charge on any atom is -0.394 e. The van der Waals surface area contributed by atoms with Gasteiger partial charge in [0.05, 0.1) is 18.8 Å². The highest BCUT2D eigenvalue weighted by Gasteiger charge is 2.22. The highest BCUT2D eigenvalue weighted by atomic mass is 16.7. The minimum absolute atomic E-state index is 0.00414. The number of nitrogens with zero attached hydrogens (tertiary/aromatic N) is 2. The van der Waals surface area contributed by atoms with Gasteiger partial charge in [0.2, 0.25) is 0 Å². The fourth-order valence-corrected chi connectivity index (χ4v) is 2.87. The van der Waals surface area contributed by atoms with Crippen molar-refractivity contribution in [2.24, 2.45) is 7.05 Å². The molecular weight excluding hydrogens is 344 g/mol. The lowest BCUT2D eigenvalue weighted by Crippen LogP contribution is -2.25. The number of hydroxylamine groups is 1. The Balaban J connectivity index is 2.06. The van der Waals surface area contributed by atoms with Crippen molar-refractivity contribution in [1.82, 2.24) is 15.0 Å². The van der Waals surface area contributed by atoms with Crippen molar-refractivity contribution in [1.29, 1.82) is 0 Å². The summed E-state index contributed by atoms with van der Waals surface area (Å²) in [6.07, 6.45) is 7.12. The third-order valence-corrected chi connectivity index (χ3v) is 4.18. The summed E-state index contributed by atoms with van der Waals surface area (Å²) in [7, 11) is 1.83. The Morgan fingerprint density at radius 1 is 1.41 bits per heavy atom. The zero-order valence-electron chi connectivity index (χ0n) is 15.1. The summed E-state index contributed by atoms with van der Waals surface area (Å²) in [5.74, 6) is 2.75. The molecular formula is C20H20N4O3. The summed E-state index contributed by atoms with van der Waals surface area (Å²) < 4.78 is 1.81. The lowest BCUT2D eigenvalue weighted by atomic mass is 10.1. The number of pyridine rings is 1. The van der Waals surface area contributed by atoms with E-state index in [1.54, 1.807) is 12.3 Å². The van der Waals surface area contributed by atoms with E-state index in [0.717, 1.165) is 16.8 Å². The molecule has 2 heterocycles. The quantitative estimate of drug-likeness (QED) is 0.355. The Morgan fingerprint density at radius 2 is 2.22 bits per heavy atom. The summed E-state index contributed by atoms with van der Waals surface area (Å²) in [5.41, 5.74) is 5.98. The van der Waals surface area contributed by atoms with E-state index in [1.807, 2.05) is 42.8 Å². The van der Waals surface area contributed by atoms with Gasteiger partial charge < -0.3 is 15.0 Å². The smallest absolute Gasteiger partial charge is 0.279 e. The maximum atomic E-state index is 12.7. The number of terminal acetylenes is 1. The van der Waals surface area contributed by atoms with Crippen molar-refractivity contribution in [3.05, 3.63) is 53.2 Å². The first-order chi connectivity index (χ1) is 13.1. The molecule has 3 N–H and O–H groups in total. The first kappa shape index (κ1) is 18.5. The van der Waals surface area contributed by atoms with Gasteiger partial charge in [0, 0.05) is 29.9 Å². The first-order valence-electron chi connectivity index (χ1n) is 8.37. The minimum atomic E-state index is -0.428. The molecule has 0 atom stereocenters. The van der Waals surface area contributed by atoms with E-state index >= 15 is 0 Å². The second-order valence-electron chi connectivity index (χ2n) is 5.96. The van der Waals surface area contributed by atoms with Gasteiger partial charge in [-0.3, -0.25) is 9.63 Å². The second-order valence-corrected chi connectivity index (χ2v) is 5.96. The number of carbonyl (C=O) groups is 1. The van der Waals surface area contributed by atoms with Crippen LogP contribution in [0.25, 0.3) is 11.0 Å². The van der Waals surface area contributed by atoms with Crippen LogP contribution in [-0.4, -0.2) is 33.8 Å². The molecule has 7 heteroatoms. The molecule has 2 aromatic heterocycles. The Hall–Kier alpha value is -3.34. The molecule has 0 saturated heterocycles. The van der Waals surface area contributed by atoms with Crippen molar-refractivity contribution in [3.63, 3.8) is 0 Å². The number of nitrogens with one attached hydrogen (secondary N) is 2. The van der Waals surface area contributed by atoms with E-state index in [2.05, 4.69) is 21.7 Å². The van der Waals surface area contributed by atoms with Gasteiger partial charge in [0.1, 0.15) is 11.5 Å². The van der Waals surface area contributed by atoms with Crippen molar-refractivity contribution in [2.75, 3.05) is 18.5 Å². The molecule has 3 rings (SSSR count). The number of amides is 1. The Morgan fingerprint density at radius 3 is 2.93 bits per heavy atom. The molecule has 0 spiro atoms. The van der Waals surface area contributed by atoms with Crippen LogP contribution in [0.4, 0.5) is 11.5 Å². The van der Waals surface area contributed by atoms with E-state index in [-0.39, 0.29) is 13.2 Å². The number of anilines is 2. The van der Waals surface area contributed by atoms with E-state index in [4.69, 9.17) is 16.4 Å². The van der Waals surface area contributed by atoms with Gasteiger partial charge in [-0.25, -0.2) is 10.5 Å². The van der Waals surface area contributed by atoms with Gasteiger partial charge in [-0.15, -0.1) is 6.42 Å². The Bertz CT molecular complexity index is 1030. The van der Waals surface area contributed by atoms with E-state index < -0.39 is 5.91 Å². The van der Waals surface area contributed by atoms with Crippen molar-refractivity contribution >= 4 is 28.4 Å². The zero-order valence-corrected chi connectivity index (χ0v) is 15.1. The topological polar surface area (TPSA) is 88.4 Å². The van der Waals surface area contributed by atoms with Gasteiger partial charge >= 0.3 is 0 Å². The molecule has 0 aliphatic carbocycles. The van der Waals surface area contributed by atoms with Crippen LogP contribution in [0.5, 0.6) is 0 Å². The predicted molar refractivity (Wildman–Crippen MR) is 104 cm³/mol. The van der Waals surface area contributed by atoms with Crippen LogP contribution >= 0.6 is 0 Å². The number of hydrogen-bond acceptors (Lipinski definition) is 5. The number of benzene rings is 1. The summed E-state index contributed by atoms with van der Waals surface area (Å²) in [6.45, 7) is 1.75. The number of carbonyl (C=O) groups excluding carboxylic acids is 1. The molecule has 0 aliphatic rings. The number of hydrogen-bond donors (Lipinski definition) is 3. The SMILES string of the molecule is C#Cc1ccc(Nc2c(C(=O)NOCCO)c3cccnc3n2C)c(C)c1. The molecule has 0 fully saturated rings. The number of aliphatic hydroxyl groups is 1. The summed E-state index contributed by atoms with van der Waals surface area (Å²) in [6, 6.07) is 9.19. The third kappa shape index (κ3) is 3.62. The molecule has 1 aromatic carbocycles. The molecule has 27 heavy (non-hydrogen) atoms. The molecule has 0 aliphatic heterocycles. The largest absolute Gasteiger partial charge is 0.394 e. The lowest BCUT2D eigenvalue weighted by molar-refractivity contribution is 0.0170. The van der Waals surface area contributed by atoms with Crippen LogP contribution in [0.2, 0.25) is 0 Å². The van der Waals surface area contributed by atoms with E-state index in [0.29, 0.717) is 22.4 Å². The molecule has 0 radical (unpaired) electrons. The van der Waals surface area contributed by atoms with Crippen molar-refractivity contribution < 1.29 is 14.7 Å². The monoisotopic (exact) mass is 364 g/mol. The number of aryl methyl sites for hydroxylation is 2. The maximum Gasteiger partial charge on any atom is 0.279 e. The molecule has 138 valence electrons. The highest BCUT2D eigenvalue weighted by Crippen LogP contribution is 2.31. The van der Waals surface area contributed by atoms with Gasteiger partial charge in [-0.2, -0.15) is 0 Å². The third-order valence-electron chi connectivity index (χ3n) is 4.18. The van der Waals surface area contributed by atoms with Crippen LogP contribution in [0.3, 0.4) is 0 Å². The maximum absolute atomic E-state index is 12.7. The molecule has 7 nitrogen and oxygen atoms in total. The fraction of sp³-hybridized carbons (Fsp3) is 0.200. The predicted octanol–water partition coefficient (Wildman–Crippen LogP) is 2.26.